The molecule has 0 saturated carbocycles. The van der Waals surface area contributed by atoms with E-state index in [1.54, 1.807) is 0 Å². The molecule has 0 aromatic heterocycles. The Balaban J connectivity index is 2.01. The number of hydrogen-bond acceptors (Lipinski definition) is 2. The van der Waals surface area contributed by atoms with Gasteiger partial charge in [0.2, 0.25) is 0 Å². The van der Waals surface area contributed by atoms with E-state index in [2.05, 4.69) is 43.0 Å². The van der Waals surface area contributed by atoms with Crippen LogP contribution < -0.4 is 0 Å². The first-order chi connectivity index (χ1) is 20.8. The molecule has 1 heterocycles. The van der Waals surface area contributed by atoms with Gasteiger partial charge in [-0.25, -0.2) is 0 Å². The van der Waals surface area contributed by atoms with Gasteiger partial charge in [-0.3, -0.25) is 0 Å². The highest BCUT2D eigenvalue weighted by atomic mass is 15.4. The number of nitrogens with zero attached hydrogens (tertiary/aromatic N) is 2. The van der Waals surface area contributed by atoms with Gasteiger partial charge in [0, 0.05) is 25.5 Å². The van der Waals surface area contributed by atoms with E-state index in [-0.39, 0.29) is 0 Å². The average molecular weight is 589 g/mol. The summed E-state index contributed by atoms with van der Waals surface area (Å²) in [6.07, 6.45) is 51.5. The molecule has 0 N–H and O–H groups in total. The van der Waals surface area contributed by atoms with Crippen LogP contribution in [0.2, 0.25) is 0 Å². The Bertz CT molecular complexity index is 544. The molecule has 0 fully saturated rings. The highest BCUT2D eigenvalue weighted by Gasteiger charge is 2.24. The lowest BCUT2D eigenvalue weighted by molar-refractivity contribution is 0.136. The summed E-state index contributed by atoms with van der Waals surface area (Å²) in [6, 6.07) is 0. The second-order valence-corrected chi connectivity index (χ2v) is 13.9. The van der Waals surface area contributed by atoms with Crippen LogP contribution in [0.4, 0.5) is 0 Å². The molecule has 2 heteroatoms. The van der Waals surface area contributed by atoms with Gasteiger partial charge >= 0.3 is 0 Å². The fraction of sp³-hybridized carbons (Fsp3) is 0.950. The lowest BCUT2D eigenvalue weighted by Gasteiger charge is -2.33. The molecule has 0 aliphatic carbocycles. The van der Waals surface area contributed by atoms with Gasteiger partial charge in [-0.1, -0.05) is 201 Å². The maximum Gasteiger partial charge on any atom is 0.101 e. The van der Waals surface area contributed by atoms with Crippen molar-refractivity contribution in [3.05, 3.63) is 12.4 Å². The van der Waals surface area contributed by atoms with Crippen LogP contribution in [0.25, 0.3) is 0 Å². The highest BCUT2D eigenvalue weighted by molar-refractivity contribution is 4.96. The zero-order valence-electron chi connectivity index (χ0n) is 29.7. The van der Waals surface area contributed by atoms with Crippen molar-refractivity contribution >= 4 is 0 Å². The number of unbranched alkanes of at least 4 members (excludes halogenated alkanes) is 28. The van der Waals surface area contributed by atoms with Gasteiger partial charge in [0.15, 0.2) is 0 Å². The van der Waals surface area contributed by atoms with Crippen molar-refractivity contribution in [2.45, 2.75) is 232 Å². The van der Waals surface area contributed by atoms with E-state index in [1.807, 2.05) is 0 Å². The molecular formula is C40H80N2. The average Bonchev–Trinajstić information content (AvgIpc) is 3.39. The summed E-state index contributed by atoms with van der Waals surface area (Å²) in [5, 5.41) is 0. The smallest absolute Gasteiger partial charge is 0.101 e. The summed E-state index contributed by atoms with van der Waals surface area (Å²) in [4.78, 5) is 5.36. The van der Waals surface area contributed by atoms with Crippen molar-refractivity contribution in [1.29, 1.82) is 0 Å². The molecule has 2 nitrogen and oxygen atoms in total. The van der Waals surface area contributed by atoms with Gasteiger partial charge in [-0.2, -0.15) is 0 Å². The minimum Gasteiger partial charge on any atom is -0.356 e. The van der Waals surface area contributed by atoms with Gasteiger partial charge in [-0.05, 0) is 25.7 Å². The predicted octanol–water partition coefficient (Wildman–Crippen LogP) is 13.9. The zero-order chi connectivity index (χ0) is 30.2. The molecule has 0 radical (unpaired) electrons. The Kier molecular flexibility index (Phi) is 29.8. The normalized spacial score (nSPS) is 15.0. The first-order valence-corrected chi connectivity index (χ1v) is 20.0. The third-order valence-electron chi connectivity index (χ3n) is 9.82. The van der Waals surface area contributed by atoms with E-state index in [0.717, 1.165) is 0 Å². The van der Waals surface area contributed by atoms with Crippen molar-refractivity contribution in [3.8, 4) is 0 Å². The molecular weight excluding hydrogens is 508 g/mol. The fourth-order valence-electron chi connectivity index (χ4n) is 6.87. The lowest BCUT2D eigenvalue weighted by Crippen LogP contribution is -2.39. The second-order valence-electron chi connectivity index (χ2n) is 13.9. The van der Waals surface area contributed by atoms with Gasteiger partial charge < -0.3 is 9.80 Å². The summed E-state index contributed by atoms with van der Waals surface area (Å²) in [7, 11) is 0. The predicted molar refractivity (Wildman–Crippen MR) is 191 cm³/mol. The van der Waals surface area contributed by atoms with Crippen LogP contribution in [0.3, 0.4) is 0 Å². The van der Waals surface area contributed by atoms with Gasteiger partial charge in [0.25, 0.3) is 0 Å². The Hall–Kier alpha value is -0.660. The minimum absolute atomic E-state index is 0.640. The summed E-state index contributed by atoms with van der Waals surface area (Å²) < 4.78 is 0. The number of hydrogen-bond donors (Lipinski definition) is 0. The molecule has 0 aromatic carbocycles. The Labute approximate surface area is 267 Å². The molecule has 1 unspecified atom stereocenters. The van der Waals surface area contributed by atoms with Crippen LogP contribution in [0.1, 0.15) is 226 Å². The summed E-state index contributed by atoms with van der Waals surface area (Å²) in [5.41, 5.74) is 0. The van der Waals surface area contributed by atoms with Crippen LogP contribution in [0.5, 0.6) is 0 Å². The molecule has 0 aromatic rings. The standard InChI is InChI=1S/C40H80N2/c1-4-7-10-12-14-16-18-20-21-22-23-24-26-28-30-32-34-37-42-39-38-41(36-9-6-3)40(42)35-33-31-29-27-25-19-17-15-13-11-8-5-2/h38-40H,4-37H2,1-3H3. The molecule has 0 saturated heterocycles. The van der Waals surface area contributed by atoms with Crippen molar-refractivity contribution in [2.75, 3.05) is 13.1 Å². The third kappa shape index (κ3) is 23.8. The Morgan fingerprint density at radius 3 is 0.905 bits per heavy atom. The molecule has 1 rings (SSSR count). The first-order valence-electron chi connectivity index (χ1n) is 20.0. The highest BCUT2D eigenvalue weighted by Crippen LogP contribution is 2.24. The van der Waals surface area contributed by atoms with E-state index in [0.29, 0.717) is 6.17 Å². The van der Waals surface area contributed by atoms with Gasteiger partial charge in [0.05, 0.1) is 0 Å². The Morgan fingerprint density at radius 2 is 0.571 bits per heavy atom. The van der Waals surface area contributed by atoms with E-state index in [1.165, 1.54) is 219 Å². The second kappa shape index (κ2) is 31.8. The number of rotatable bonds is 34. The molecule has 1 aliphatic rings. The molecule has 1 atom stereocenters. The van der Waals surface area contributed by atoms with E-state index in [9.17, 15) is 0 Å². The molecule has 1 aliphatic heterocycles. The first kappa shape index (κ1) is 39.4. The van der Waals surface area contributed by atoms with Gasteiger partial charge in [-0.15, -0.1) is 0 Å². The van der Waals surface area contributed by atoms with Crippen LogP contribution in [0, 0.1) is 0 Å². The van der Waals surface area contributed by atoms with Crippen molar-refractivity contribution in [1.82, 2.24) is 9.80 Å². The van der Waals surface area contributed by atoms with Crippen molar-refractivity contribution in [3.63, 3.8) is 0 Å². The maximum atomic E-state index is 2.69. The van der Waals surface area contributed by atoms with E-state index in [4.69, 9.17) is 0 Å². The summed E-state index contributed by atoms with van der Waals surface area (Å²) in [6.45, 7) is 9.46. The minimum atomic E-state index is 0.640. The molecule has 0 bridgehead atoms. The van der Waals surface area contributed by atoms with Gasteiger partial charge in [0.1, 0.15) is 6.17 Å². The zero-order valence-corrected chi connectivity index (χ0v) is 29.7. The third-order valence-corrected chi connectivity index (χ3v) is 9.82. The maximum absolute atomic E-state index is 2.69. The summed E-state index contributed by atoms with van der Waals surface area (Å²) in [5.74, 6) is 0. The largest absolute Gasteiger partial charge is 0.356 e. The topological polar surface area (TPSA) is 6.48 Å². The quantitative estimate of drug-likeness (QED) is 0.0690. The SMILES string of the molecule is CCCCCCCCCCCCCCCCCCCN1C=CN(CCCC)C1CCCCCCCCCCCCCC. The van der Waals surface area contributed by atoms with Crippen molar-refractivity contribution in [2.24, 2.45) is 0 Å². The molecule has 0 spiro atoms. The monoisotopic (exact) mass is 589 g/mol. The van der Waals surface area contributed by atoms with Crippen LogP contribution in [0.15, 0.2) is 12.4 Å². The fourth-order valence-corrected chi connectivity index (χ4v) is 6.87. The summed E-state index contributed by atoms with van der Waals surface area (Å²) >= 11 is 0. The van der Waals surface area contributed by atoms with Crippen molar-refractivity contribution < 1.29 is 0 Å². The Morgan fingerprint density at radius 1 is 0.310 bits per heavy atom. The van der Waals surface area contributed by atoms with Crippen LogP contribution >= 0.6 is 0 Å². The van der Waals surface area contributed by atoms with E-state index >= 15 is 0 Å². The molecule has 250 valence electrons. The lowest BCUT2D eigenvalue weighted by atomic mass is 10.0. The molecule has 0 amide bonds. The molecule has 42 heavy (non-hydrogen) atoms. The van der Waals surface area contributed by atoms with E-state index < -0.39 is 0 Å². The van der Waals surface area contributed by atoms with Crippen LogP contribution in [-0.4, -0.2) is 29.1 Å². The van der Waals surface area contributed by atoms with Crippen LogP contribution in [-0.2, 0) is 0 Å².